The Morgan fingerprint density at radius 2 is 2.10 bits per heavy atom. The Bertz CT molecular complexity index is 402. The third kappa shape index (κ3) is 4.49. The van der Waals surface area contributed by atoms with Crippen LogP contribution in [-0.2, 0) is 4.79 Å². The summed E-state index contributed by atoms with van der Waals surface area (Å²) in [6.45, 7) is 7.13. The van der Waals surface area contributed by atoms with Gasteiger partial charge in [-0.25, -0.2) is 4.98 Å². The predicted octanol–water partition coefficient (Wildman–Crippen LogP) is 1.12. The molecule has 5 heteroatoms. The summed E-state index contributed by atoms with van der Waals surface area (Å²) in [6, 6.07) is 5.98. The number of carbonyl (C=O) groups is 1. The first-order valence-corrected chi connectivity index (χ1v) is 7.44. The summed E-state index contributed by atoms with van der Waals surface area (Å²) >= 11 is 0. The molecule has 5 nitrogen and oxygen atoms in total. The summed E-state index contributed by atoms with van der Waals surface area (Å²) in [5.41, 5.74) is 0. The van der Waals surface area contributed by atoms with Crippen LogP contribution in [0.5, 0.6) is 0 Å². The maximum absolute atomic E-state index is 11.8. The van der Waals surface area contributed by atoms with E-state index >= 15 is 0 Å². The second kappa shape index (κ2) is 7.85. The van der Waals surface area contributed by atoms with Gasteiger partial charge < -0.3 is 10.2 Å². The van der Waals surface area contributed by atoms with Gasteiger partial charge in [-0.15, -0.1) is 0 Å². The predicted molar refractivity (Wildman–Crippen MR) is 80.8 cm³/mol. The molecule has 0 aromatic carbocycles. The van der Waals surface area contributed by atoms with E-state index in [0.29, 0.717) is 6.54 Å². The van der Waals surface area contributed by atoms with E-state index in [4.69, 9.17) is 0 Å². The van der Waals surface area contributed by atoms with E-state index < -0.39 is 0 Å². The van der Waals surface area contributed by atoms with Crippen molar-refractivity contribution in [2.75, 3.05) is 44.2 Å². The molecule has 0 radical (unpaired) electrons. The normalized spacial score (nSPS) is 16.1. The van der Waals surface area contributed by atoms with Crippen molar-refractivity contribution in [1.82, 2.24) is 15.2 Å². The van der Waals surface area contributed by atoms with Gasteiger partial charge in [-0.3, -0.25) is 9.69 Å². The Kier molecular flexibility index (Phi) is 5.80. The standard InChI is InChI=1S/C15H24N4O/c1-2-3-7-17-15(20)13-18-9-11-19(12-10-18)14-6-4-5-8-16-14/h4-6,8H,2-3,7,9-13H2,1H3,(H,17,20). The zero-order valence-corrected chi connectivity index (χ0v) is 12.2. The molecule has 1 aromatic heterocycles. The van der Waals surface area contributed by atoms with Gasteiger partial charge >= 0.3 is 0 Å². The lowest BCUT2D eigenvalue weighted by atomic mass is 10.3. The molecule has 1 fully saturated rings. The van der Waals surface area contributed by atoms with Crippen LogP contribution in [0.25, 0.3) is 0 Å². The molecule has 1 aliphatic heterocycles. The first-order chi connectivity index (χ1) is 9.79. The molecule has 1 N–H and O–H groups in total. The fourth-order valence-electron chi connectivity index (χ4n) is 2.34. The van der Waals surface area contributed by atoms with E-state index in [1.54, 1.807) is 0 Å². The highest BCUT2D eigenvalue weighted by atomic mass is 16.2. The molecule has 0 atom stereocenters. The molecular weight excluding hydrogens is 252 g/mol. The molecule has 0 saturated carbocycles. The lowest BCUT2D eigenvalue weighted by Gasteiger charge is -2.34. The molecule has 20 heavy (non-hydrogen) atoms. The SMILES string of the molecule is CCCCNC(=O)CN1CCN(c2ccccn2)CC1. The molecule has 0 bridgehead atoms. The first-order valence-electron chi connectivity index (χ1n) is 7.44. The smallest absolute Gasteiger partial charge is 0.234 e. The minimum atomic E-state index is 0.143. The van der Waals surface area contributed by atoms with Crippen LogP contribution in [0.1, 0.15) is 19.8 Å². The molecular formula is C15H24N4O. The average Bonchev–Trinajstić information content (AvgIpc) is 2.49. The van der Waals surface area contributed by atoms with E-state index in [1.165, 1.54) is 0 Å². The molecule has 0 aliphatic carbocycles. The van der Waals surface area contributed by atoms with Crippen LogP contribution in [-0.4, -0.2) is 55.1 Å². The van der Waals surface area contributed by atoms with Crippen LogP contribution in [0.15, 0.2) is 24.4 Å². The maximum Gasteiger partial charge on any atom is 0.234 e. The topological polar surface area (TPSA) is 48.5 Å². The third-order valence-electron chi connectivity index (χ3n) is 3.57. The van der Waals surface area contributed by atoms with Gasteiger partial charge in [0.15, 0.2) is 0 Å². The molecule has 1 aliphatic rings. The van der Waals surface area contributed by atoms with Crippen molar-refractivity contribution in [3.63, 3.8) is 0 Å². The number of nitrogens with zero attached hydrogens (tertiary/aromatic N) is 3. The van der Waals surface area contributed by atoms with Crippen LogP contribution in [0.2, 0.25) is 0 Å². The second-order valence-electron chi connectivity index (χ2n) is 5.15. The fourth-order valence-corrected chi connectivity index (χ4v) is 2.34. The first kappa shape index (κ1) is 14.8. The zero-order chi connectivity index (χ0) is 14.2. The number of unbranched alkanes of at least 4 members (excludes halogenated alkanes) is 1. The summed E-state index contributed by atoms with van der Waals surface area (Å²) in [5, 5.41) is 2.97. The number of amides is 1. The number of rotatable bonds is 6. The van der Waals surface area contributed by atoms with Crippen LogP contribution in [0.4, 0.5) is 5.82 Å². The van der Waals surface area contributed by atoms with Crippen LogP contribution < -0.4 is 10.2 Å². The van der Waals surface area contributed by atoms with E-state index in [0.717, 1.165) is 51.4 Å². The Morgan fingerprint density at radius 3 is 2.75 bits per heavy atom. The number of hydrogen-bond acceptors (Lipinski definition) is 4. The fraction of sp³-hybridized carbons (Fsp3) is 0.600. The van der Waals surface area contributed by atoms with E-state index in [2.05, 4.69) is 27.0 Å². The molecule has 1 aromatic rings. The monoisotopic (exact) mass is 276 g/mol. The average molecular weight is 276 g/mol. The van der Waals surface area contributed by atoms with Crippen LogP contribution in [0, 0.1) is 0 Å². The Balaban J connectivity index is 1.70. The molecule has 0 spiro atoms. The van der Waals surface area contributed by atoms with Crippen molar-refractivity contribution < 1.29 is 4.79 Å². The van der Waals surface area contributed by atoms with Crippen LogP contribution >= 0.6 is 0 Å². The minimum absolute atomic E-state index is 0.143. The molecule has 0 unspecified atom stereocenters. The number of carbonyl (C=O) groups excluding carboxylic acids is 1. The minimum Gasteiger partial charge on any atom is -0.355 e. The van der Waals surface area contributed by atoms with Crippen molar-refractivity contribution >= 4 is 11.7 Å². The van der Waals surface area contributed by atoms with Gasteiger partial charge in [-0.2, -0.15) is 0 Å². The van der Waals surface area contributed by atoms with Crippen molar-refractivity contribution in [1.29, 1.82) is 0 Å². The van der Waals surface area contributed by atoms with Crippen LogP contribution in [0.3, 0.4) is 0 Å². The van der Waals surface area contributed by atoms with Gasteiger partial charge in [0.2, 0.25) is 5.91 Å². The largest absolute Gasteiger partial charge is 0.355 e. The van der Waals surface area contributed by atoms with Crippen molar-refractivity contribution in [2.24, 2.45) is 0 Å². The molecule has 2 rings (SSSR count). The lowest BCUT2D eigenvalue weighted by Crippen LogP contribution is -2.49. The number of nitrogens with one attached hydrogen (secondary N) is 1. The van der Waals surface area contributed by atoms with E-state index in [-0.39, 0.29) is 5.91 Å². The highest BCUT2D eigenvalue weighted by molar-refractivity contribution is 5.78. The quantitative estimate of drug-likeness (QED) is 0.791. The van der Waals surface area contributed by atoms with Crippen molar-refractivity contribution in [3.8, 4) is 0 Å². The lowest BCUT2D eigenvalue weighted by molar-refractivity contribution is -0.122. The summed E-state index contributed by atoms with van der Waals surface area (Å²) in [4.78, 5) is 20.6. The van der Waals surface area contributed by atoms with Gasteiger partial charge in [-0.1, -0.05) is 19.4 Å². The van der Waals surface area contributed by atoms with E-state index in [9.17, 15) is 4.79 Å². The van der Waals surface area contributed by atoms with Gasteiger partial charge in [0.25, 0.3) is 0 Å². The Morgan fingerprint density at radius 1 is 1.30 bits per heavy atom. The summed E-state index contributed by atoms with van der Waals surface area (Å²) in [7, 11) is 0. The number of anilines is 1. The Labute approximate surface area is 121 Å². The Hall–Kier alpha value is -1.62. The third-order valence-corrected chi connectivity index (χ3v) is 3.57. The summed E-state index contributed by atoms with van der Waals surface area (Å²) < 4.78 is 0. The highest BCUT2D eigenvalue weighted by Crippen LogP contribution is 2.12. The van der Waals surface area contributed by atoms with Gasteiger partial charge in [0.1, 0.15) is 5.82 Å². The van der Waals surface area contributed by atoms with Gasteiger partial charge in [0.05, 0.1) is 6.54 Å². The number of piperazine rings is 1. The zero-order valence-electron chi connectivity index (χ0n) is 12.2. The van der Waals surface area contributed by atoms with Crippen molar-refractivity contribution in [2.45, 2.75) is 19.8 Å². The summed E-state index contributed by atoms with van der Waals surface area (Å²) in [5.74, 6) is 1.17. The number of hydrogen-bond donors (Lipinski definition) is 1. The van der Waals surface area contributed by atoms with Gasteiger partial charge in [-0.05, 0) is 18.6 Å². The van der Waals surface area contributed by atoms with Crippen molar-refractivity contribution in [3.05, 3.63) is 24.4 Å². The molecule has 110 valence electrons. The number of aromatic nitrogens is 1. The molecule has 1 saturated heterocycles. The van der Waals surface area contributed by atoms with E-state index in [1.807, 2.05) is 24.4 Å². The maximum atomic E-state index is 11.8. The second-order valence-corrected chi connectivity index (χ2v) is 5.15. The number of pyridine rings is 1. The summed E-state index contributed by atoms with van der Waals surface area (Å²) in [6.07, 6.45) is 3.99. The molecule has 1 amide bonds. The highest BCUT2D eigenvalue weighted by Gasteiger charge is 2.19. The van der Waals surface area contributed by atoms with Gasteiger partial charge in [0, 0.05) is 38.9 Å². The molecule has 2 heterocycles.